The molecule has 0 aliphatic heterocycles. The average Bonchev–Trinajstić information content (AvgIpc) is 2.45. The van der Waals surface area contributed by atoms with Crippen molar-refractivity contribution in [1.82, 2.24) is 9.78 Å². The predicted octanol–water partition coefficient (Wildman–Crippen LogP) is 2.41. The number of benzene rings is 1. The summed E-state index contributed by atoms with van der Waals surface area (Å²) in [6.07, 6.45) is 0. The van der Waals surface area contributed by atoms with Crippen LogP contribution in [0, 0.1) is 13.8 Å². The topological polar surface area (TPSA) is 53.1 Å². The van der Waals surface area contributed by atoms with Crippen LogP contribution >= 0.6 is 0 Å². The van der Waals surface area contributed by atoms with Gasteiger partial charge in [-0.25, -0.2) is 0 Å². The molecule has 84 valence electrons. The van der Waals surface area contributed by atoms with E-state index in [9.17, 15) is 0 Å². The normalized spacial score (nSPS) is 10.4. The number of nitrogen functional groups attached to an aromatic ring is 1. The van der Waals surface area contributed by atoms with Crippen molar-refractivity contribution < 1.29 is 4.74 Å². The van der Waals surface area contributed by atoms with Gasteiger partial charge in [-0.3, -0.25) is 4.68 Å². The minimum atomic E-state index is 0.691. The third-order valence-electron chi connectivity index (χ3n) is 2.52. The van der Waals surface area contributed by atoms with Crippen molar-refractivity contribution >= 4 is 5.69 Å². The van der Waals surface area contributed by atoms with Gasteiger partial charge >= 0.3 is 0 Å². The second kappa shape index (κ2) is 3.89. The van der Waals surface area contributed by atoms with Gasteiger partial charge in [0.05, 0.1) is 5.69 Å². The van der Waals surface area contributed by atoms with Crippen molar-refractivity contribution in [2.24, 2.45) is 7.05 Å². The number of hydrogen-bond acceptors (Lipinski definition) is 3. The summed E-state index contributed by atoms with van der Waals surface area (Å²) in [6, 6.07) is 7.37. The molecule has 0 saturated carbocycles. The molecule has 0 spiro atoms. The highest BCUT2D eigenvalue weighted by molar-refractivity contribution is 5.46. The number of aryl methyl sites for hydroxylation is 2. The molecule has 2 N–H and O–H groups in total. The van der Waals surface area contributed by atoms with Crippen molar-refractivity contribution in [1.29, 1.82) is 0 Å². The quantitative estimate of drug-likeness (QED) is 0.786. The van der Waals surface area contributed by atoms with Gasteiger partial charge in [-0.05, 0) is 26.0 Å². The fourth-order valence-corrected chi connectivity index (χ4v) is 1.60. The summed E-state index contributed by atoms with van der Waals surface area (Å²) >= 11 is 0. The number of anilines is 1. The molecule has 0 amide bonds. The molecule has 0 saturated heterocycles. The molecule has 0 atom stereocenters. The number of rotatable bonds is 2. The van der Waals surface area contributed by atoms with Crippen LogP contribution < -0.4 is 10.5 Å². The molecule has 0 aliphatic rings. The van der Waals surface area contributed by atoms with E-state index in [1.54, 1.807) is 10.7 Å². The van der Waals surface area contributed by atoms with E-state index in [2.05, 4.69) is 5.10 Å². The number of ether oxygens (including phenoxy) is 1. The average molecular weight is 217 g/mol. The lowest BCUT2D eigenvalue weighted by Crippen LogP contribution is -1.93. The Balaban J connectivity index is 2.34. The zero-order valence-electron chi connectivity index (χ0n) is 9.69. The molecule has 2 aromatic rings. The van der Waals surface area contributed by atoms with Gasteiger partial charge in [-0.1, -0.05) is 6.07 Å². The predicted molar refractivity (Wildman–Crippen MR) is 63.6 cm³/mol. The number of nitrogens with zero attached hydrogens (tertiary/aromatic N) is 2. The van der Waals surface area contributed by atoms with E-state index >= 15 is 0 Å². The van der Waals surface area contributed by atoms with E-state index in [1.165, 1.54) is 0 Å². The van der Waals surface area contributed by atoms with E-state index < -0.39 is 0 Å². The highest BCUT2D eigenvalue weighted by Gasteiger charge is 2.11. The van der Waals surface area contributed by atoms with Crippen LogP contribution in [0.5, 0.6) is 11.5 Å². The number of hydrogen-bond donors (Lipinski definition) is 1. The summed E-state index contributed by atoms with van der Waals surface area (Å²) in [6.45, 7) is 3.90. The molecule has 2 rings (SSSR count). The summed E-state index contributed by atoms with van der Waals surface area (Å²) in [7, 11) is 1.90. The van der Waals surface area contributed by atoms with E-state index in [0.29, 0.717) is 5.69 Å². The zero-order chi connectivity index (χ0) is 11.7. The Bertz CT molecular complexity index is 517. The fraction of sp³-hybridized carbons (Fsp3) is 0.250. The van der Waals surface area contributed by atoms with E-state index in [1.807, 2.05) is 39.1 Å². The molecule has 1 aromatic heterocycles. The van der Waals surface area contributed by atoms with Crippen LogP contribution in [0.25, 0.3) is 0 Å². The zero-order valence-corrected chi connectivity index (χ0v) is 9.69. The SMILES string of the molecule is Cc1nn(C)c(C)c1Oc1cccc(N)c1. The van der Waals surface area contributed by atoms with Crippen LogP contribution in [0.2, 0.25) is 0 Å². The molecule has 0 aliphatic carbocycles. The van der Waals surface area contributed by atoms with Gasteiger partial charge in [0.15, 0.2) is 5.75 Å². The molecule has 4 heteroatoms. The van der Waals surface area contributed by atoms with Crippen molar-refractivity contribution in [3.63, 3.8) is 0 Å². The Morgan fingerprint density at radius 2 is 2.06 bits per heavy atom. The summed E-state index contributed by atoms with van der Waals surface area (Å²) in [5.74, 6) is 1.53. The van der Waals surface area contributed by atoms with Crippen molar-refractivity contribution in [3.05, 3.63) is 35.7 Å². The summed E-state index contributed by atoms with van der Waals surface area (Å²) in [5, 5.41) is 4.29. The minimum absolute atomic E-state index is 0.691. The maximum atomic E-state index is 5.78. The Hall–Kier alpha value is -1.97. The van der Waals surface area contributed by atoms with Gasteiger partial charge in [0.2, 0.25) is 0 Å². The van der Waals surface area contributed by atoms with Crippen molar-refractivity contribution in [2.75, 3.05) is 5.73 Å². The monoisotopic (exact) mass is 217 g/mol. The lowest BCUT2D eigenvalue weighted by atomic mass is 10.3. The molecule has 4 nitrogen and oxygen atoms in total. The van der Waals surface area contributed by atoms with Crippen molar-refractivity contribution in [3.8, 4) is 11.5 Å². The Kier molecular flexibility index (Phi) is 2.56. The molecule has 1 heterocycles. The first-order valence-electron chi connectivity index (χ1n) is 5.11. The Morgan fingerprint density at radius 1 is 1.31 bits per heavy atom. The highest BCUT2D eigenvalue weighted by Crippen LogP contribution is 2.28. The van der Waals surface area contributed by atoms with Crippen LogP contribution in [0.4, 0.5) is 5.69 Å². The standard InChI is InChI=1S/C12H15N3O/c1-8-12(9(2)15(3)14-8)16-11-6-4-5-10(13)7-11/h4-7H,13H2,1-3H3. The van der Waals surface area contributed by atoms with Gasteiger partial charge in [-0.15, -0.1) is 0 Å². The lowest BCUT2D eigenvalue weighted by Gasteiger charge is -2.06. The molecular weight excluding hydrogens is 202 g/mol. The number of nitrogens with two attached hydrogens (primary N) is 1. The molecule has 16 heavy (non-hydrogen) atoms. The van der Waals surface area contributed by atoms with Crippen LogP contribution in [-0.2, 0) is 7.05 Å². The molecule has 1 aromatic carbocycles. The smallest absolute Gasteiger partial charge is 0.171 e. The van der Waals surface area contributed by atoms with E-state index in [0.717, 1.165) is 22.9 Å². The minimum Gasteiger partial charge on any atom is -0.453 e. The van der Waals surface area contributed by atoms with E-state index in [-0.39, 0.29) is 0 Å². The molecule has 0 radical (unpaired) electrons. The first-order chi connectivity index (χ1) is 7.58. The molecule has 0 bridgehead atoms. The van der Waals surface area contributed by atoms with Gasteiger partial charge in [0.1, 0.15) is 11.4 Å². The van der Waals surface area contributed by atoms with Crippen LogP contribution in [0.3, 0.4) is 0 Å². The first kappa shape index (κ1) is 10.5. The second-order valence-corrected chi connectivity index (χ2v) is 3.80. The van der Waals surface area contributed by atoms with Gasteiger partial charge in [-0.2, -0.15) is 5.10 Å². The van der Waals surface area contributed by atoms with Crippen LogP contribution in [0.1, 0.15) is 11.4 Å². The maximum Gasteiger partial charge on any atom is 0.171 e. The molecule has 0 unspecified atom stereocenters. The summed E-state index contributed by atoms with van der Waals surface area (Å²) in [4.78, 5) is 0. The Labute approximate surface area is 94.6 Å². The van der Waals surface area contributed by atoms with Crippen LogP contribution in [0.15, 0.2) is 24.3 Å². The van der Waals surface area contributed by atoms with Crippen LogP contribution in [-0.4, -0.2) is 9.78 Å². The maximum absolute atomic E-state index is 5.78. The Morgan fingerprint density at radius 3 is 2.62 bits per heavy atom. The third kappa shape index (κ3) is 1.86. The van der Waals surface area contributed by atoms with Gasteiger partial charge in [0.25, 0.3) is 0 Å². The second-order valence-electron chi connectivity index (χ2n) is 3.80. The highest BCUT2D eigenvalue weighted by atomic mass is 16.5. The summed E-state index contributed by atoms with van der Waals surface area (Å²) < 4.78 is 7.58. The molecule has 0 fully saturated rings. The van der Waals surface area contributed by atoms with E-state index in [4.69, 9.17) is 10.5 Å². The fourth-order valence-electron chi connectivity index (χ4n) is 1.60. The lowest BCUT2D eigenvalue weighted by molar-refractivity contribution is 0.474. The largest absolute Gasteiger partial charge is 0.453 e. The van der Waals surface area contributed by atoms with Crippen molar-refractivity contribution in [2.45, 2.75) is 13.8 Å². The summed E-state index contributed by atoms with van der Waals surface area (Å²) in [5.41, 5.74) is 8.26. The van der Waals surface area contributed by atoms with Gasteiger partial charge in [0, 0.05) is 18.8 Å². The molecular formula is C12H15N3O. The van der Waals surface area contributed by atoms with Gasteiger partial charge < -0.3 is 10.5 Å². The first-order valence-corrected chi connectivity index (χ1v) is 5.11. The number of aromatic nitrogens is 2. The third-order valence-corrected chi connectivity index (χ3v) is 2.52.